The number of urea groups is 1. The molecule has 0 saturated heterocycles. The van der Waals surface area contributed by atoms with Crippen LogP contribution in [-0.4, -0.2) is 40.6 Å². The number of amides is 2. The predicted molar refractivity (Wildman–Crippen MR) is 75.1 cm³/mol. The molecule has 20 heavy (non-hydrogen) atoms. The smallest absolute Gasteiger partial charge is 0.317 e. The second-order valence-electron chi connectivity index (χ2n) is 4.72. The lowest BCUT2D eigenvalue weighted by Gasteiger charge is -2.19. The Morgan fingerprint density at radius 2 is 2.05 bits per heavy atom. The number of aromatic nitrogens is 1. The number of pyridine rings is 1. The highest BCUT2D eigenvalue weighted by atomic mass is 16.4. The van der Waals surface area contributed by atoms with Crippen LogP contribution >= 0.6 is 0 Å². The molecule has 6 nitrogen and oxygen atoms in total. The Kier molecular flexibility index (Phi) is 6.49. The summed E-state index contributed by atoms with van der Waals surface area (Å²) in [6.45, 7) is 2.54. The van der Waals surface area contributed by atoms with Gasteiger partial charge in [0.05, 0.1) is 5.92 Å². The molecule has 110 valence electrons. The third kappa shape index (κ3) is 5.26. The number of carboxylic acid groups (broad SMARTS) is 1. The van der Waals surface area contributed by atoms with E-state index in [1.165, 1.54) is 4.90 Å². The fourth-order valence-electron chi connectivity index (χ4n) is 1.84. The minimum Gasteiger partial charge on any atom is -0.481 e. The van der Waals surface area contributed by atoms with Gasteiger partial charge in [-0.2, -0.15) is 0 Å². The number of rotatable bonds is 7. The summed E-state index contributed by atoms with van der Waals surface area (Å²) >= 11 is 0. The van der Waals surface area contributed by atoms with Crippen LogP contribution in [0.15, 0.2) is 24.5 Å². The SMILES string of the molecule is CCCC(CNC(=O)N(C)Cc1ccncc1)C(=O)O. The van der Waals surface area contributed by atoms with Gasteiger partial charge in [0.2, 0.25) is 0 Å². The quantitative estimate of drug-likeness (QED) is 0.796. The van der Waals surface area contributed by atoms with Crippen molar-refractivity contribution in [3.63, 3.8) is 0 Å². The average Bonchev–Trinajstić information content (AvgIpc) is 2.43. The topological polar surface area (TPSA) is 82.5 Å². The van der Waals surface area contributed by atoms with Gasteiger partial charge in [0.15, 0.2) is 0 Å². The van der Waals surface area contributed by atoms with Crippen LogP contribution in [0.3, 0.4) is 0 Å². The number of carboxylic acids is 1. The van der Waals surface area contributed by atoms with Crippen LogP contribution in [0.1, 0.15) is 25.3 Å². The summed E-state index contributed by atoms with van der Waals surface area (Å²) in [6, 6.07) is 3.39. The molecule has 2 N–H and O–H groups in total. The predicted octanol–water partition coefficient (Wildman–Crippen LogP) is 1.72. The molecule has 0 fully saturated rings. The van der Waals surface area contributed by atoms with Gasteiger partial charge in [-0.3, -0.25) is 9.78 Å². The normalized spacial score (nSPS) is 11.7. The minimum atomic E-state index is -0.871. The van der Waals surface area contributed by atoms with Crippen LogP contribution < -0.4 is 5.32 Å². The number of hydrogen-bond acceptors (Lipinski definition) is 3. The van der Waals surface area contributed by atoms with Crippen LogP contribution in [0, 0.1) is 5.92 Å². The van der Waals surface area contributed by atoms with Gasteiger partial charge < -0.3 is 15.3 Å². The number of carbonyl (C=O) groups excluding carboxylic acids is 1. The van der Waals surface area contributed by atoms with Crippen molar-refractivity contribution in [3.8, 4) is 0 Å². The molecule has 1 aromatic rings. The zero-order chi connectivity index (χ0) is 15.0. The van der Waals surface area contributed by atoms with Gasteiger partial charge in [-0.1, -0.05) is 13.3 Å². The standard InChI is InChI=1S/C14H21N3O3/c1-3-4-12(13(18)19)9-16-14(20)17(2)10-11-5-7-15-8-6-11/h5-8,12H,3-4,9-10H2,1-2H3,(H,16,20)(H,18,19). The van der Waals surface area contributed by atoms with Crippen molar-refractivity contribution in [2.24, 2.45) is 5.92 Å². The molecule has 0 aromatic carbocycles. The maximum Gasteiger partial charge on any atom is 0.317 e. The van der Waals surface area contributed by atoms with Crippen molar-refractivity contribution >= 4 is 12.0 Å². The number of nitrogens with one attached hydrogen (secondary N) is 1. The van der Waals surface area contributed by atoms with Crippen LogP contribution in [-0.2, 0) is 11.3 Å². The molecular formula is C14H21N3O3. The van der Waals surface area contributed by atoms with Crippen molar-refractivity contribution in [1.29, 1.82) is 0 Å². The van der Waals surface area contributed by atoms with E-state index >= 15 is 0 Å². The largest absolute Gasteiger partial charge is 0.481 e. The van der Waals surface area contributed by atoms with E-state index in [1.54, 1.807) is 19.4 Å². The summed E-state index contributed by atoms with van der Waals surface area (Å²) < 4.78 is 0. The molecule has 0 aliphatic heterocycles. The van der Waals surface area contributed by atoms with E-state index in [9.17, 15) is 9.59 Å². The first-order valence-electron chi connectivity index (χ1n) is 6.65. The van der Waals surface area contributed by atoms with Crippen LogP contribution in [0.5, 0.6) is 0 Å². The van der Waals surface area contributed by atoms with E-state index < -0.39 is 11.9 Å². The molecule has 1 unspecified atom stereocenters. The molecule has 2 amide bonds. The van der Waals surface area contributed by atoms with Crippen molar-refractivity contribution in [2.75, 3.05) is 13.6 Å². The number of nitrogens with zero attached hydrogens (tertiary/aromatic N) is 2. The van der Waals surface area contributed by atoms with Gasteiger partial charge in [0.1, 0.15) is 0 Å². The molecule has 0 aliphatic carbocycles. The van der Waals surface area contributed by atoms with Crippen molar-refractivity contribution in [1.82, 2.24) is 15.2 Å². The monoisotopic (exact) mass is 279 g/mol. The summed E-state index contributed by atoms with van der Waals surface area (Å²) in [5.74, 6) is -1.40. The first kappa shape index (κ1) is 15.9. The van der Waals surface area contributed by atoms with E-state index in [1.807, 2.05) is 19.1 Å². The number of carbonyl (C=O) groups is 2. The summed E-state index contributed by atoms with van der Waals surface area (Å²) in [7, 11) is 1.67. The average molecular weight is 279 g/mol. The maximum absolute atomic E-state index is 11.9. The second kappa shape index (κ2) is 8.14. The Hall–Kier alpha value is -2.11. The Balaban J connectivity index is 2.43. The Labute approximate surface area is 118 Å². The molecule has 0 bridgehead atoms. The van der Waals surface area contributed by atoms with Crippen molar-refractivity contribution < 1.29 is 14.7 Å². The number of aliphatic carboxylic acids is 1. The molecule has 0 spiro atoms. The zero-order valence-corrected chi connectivity index (χ0v) is 11.9. The zero-order valence-electron chi connectivity index (χ0n) is 11.9. The van der Waals surface area contributed by atoms with Gasteiger partial charge >= 0.3 is 12.0 Å². The van der Waals surface area contributed by atoms with Crippen molar-refractivity contribution in [3.05, 3.63) is 30.1 Å². The fourth-order valence-corrected chi connectivity index (χ4v) is 1.84. The van der Waals surface area contributed by atoms with E-state index in [-0.39, 0.29) is 12.6 Å². The van der Waals surface area contributed by atoms with Gasteiger partial charge in [0, 0.05) is 32.5 Å². The summed E-state index contributed by atoms with van der Waals surface area (Å²) in [4.78, 5) is 28.3. The molecule has 0 radical (unpaired) electrons. The Morgan fingerprint density at radius 3 is 2.60 bits per heavy atom. The van der Waals surface area contributed by atoms with E-state index in [2.05, 4.69) is 10.3 Å². The molecule has 1 rings (SSSR count). The van der Waals surface area contributed by atoms with Crippen LogP contribution in [0.4, 0.5) is 4.79 Å². The summed E-state index contributed by atoms with van der Waals surface area (Å²) in [5, 5.41) is 11.7. The van der Waals surface area contributed by atoms with E-state index in [4.69, 9.17) is 5.11 Å². The van der Waals surface area contributed by atoms with Gasteiger partial charge in [0.25, 0.3) is 0 Å². The molecule has 6 heteroatoms. The van der Waals surface area contributed by atoms with E-state index in [0.29, 0.717) is 13.0 Å². The molecule has 1 heterocycles. The lowest BCUT2D eigenvalue weighted by molar-refractivity contribution is -0.141. The maximum atomic E-state index is 11.9. The van der Waals surface area contributed by atoms with Gasteiger partial charge in [-0.05, 0) is 24.1 Å². The van der Waals surface area contributed by atoms with Gasteiger partial charge in [-0.25, -0.2) is 4.79 Å². The molecular weight excluding hydrogens is 258 g/mol. The number of hydrogen-bond donors (Lipinski definition) is 2. The van der Waals surface area contributed by atoms with Crippen molar-refractivity contribution in [2.45, 2.75) is 26.3 Å². The first-order chi connectivity index (χ1) is 9.54. The van der Waals surface area contributed by atoms with Crippen LogP contribution in [0.25, 0.3) is 0 Å². The highest BCUT2D eigenvalue weighted by Gasteiger charge is 2.18. The Bertz CT molecular complexity index is 437. The lowest BCUT2D eigenvalue weighted by atomic mass is 10.0. The second-order valence-corrected chi connectivity index (χ2v) is 4.72. The van der Waals surface area contributed by atoms with Crippen LogP contribution in [0.2, 0.25) is 0 Å². The highest BCUT2D eigenvalue weighted by molar-refractivity contribution is 5.75. The molecule has 0 aliphatic rings. The highest BCUT2D eigenvalue weighted by Crippen LogP contribution is 2.06. The van der Waals surface area contributed by atoms with E-state index in [0.717, 1.165) is 12.0 Å². The molecule has 0 saturated carbocycles. The molecule has 1 aromatic heterocycles. The third-order valence-corrected chi connectivity index (χ3v) is 3.00. The molecule has 1 atom stereocenters. The summed E-state index contributed by atoms with van der Waals surface area (Å²) in [5.41, 5.74) is 0.973. The fraction of sp³-hybridized carbons (Fsp3) is 0.500. The lowest BCUT2D eigenvalue weighted by Crippen LogP contribution is -2.40. The minimum absolute atomic E-state index is 0.155. The summed E-state index contributed by atoms with van der Waals surface area (Å²) in [6.07, 6.45) is 4.68. The third-order valence-electron chi connectivity index (χ3n) is 3.00. The Morgan fingerprint density at radius 1 is 1.40 bits per heavy atom. The van der Waals surface area contributed by atoms with Gasteiger partial charge in [-0.15, -0.1) is 0 Å². The first-order valence-corrected chi connectivity index (χ1v) is 6.65.